The van der Waals surface area contributed by atoms with Gasteiger partial charge in [-0.25, -0.2) is 9.78 Å². The Morgan fingerprint density at radius 2 is 2.00 bits per heavy atom. The molecule has 0 spiro atoms. The van der Waals surface area contributed by atoms with E-state index in [9.17, 15) is 9.59 Å². The zero-order chi connectivity index (χ0) is 17.3. The number of fused-ring (bicyclic) bond motifs is 1. The van der Waals surface area contributed by atoms with Crippen LogP contribution in [0.1, 0.15) is 50.4 Å². The molecule has 1 aliphatic heterocycles. The molecule has 1 aromatic heterocycles. The van der Waals surface area contributed by atoms with E-state index in [-0.39, 0.29) is 18.0 Å². The number of piperidine rings is 1. The summed E-state index contributed by atoms with van der Waals surface area (Å²) in [6, 6.07) is 5.63. The standard InChI is InChI=1S/C18H22N2O3S/c1-11-5-4-6-12(2)20(11)17(21)13(3)23-18(22)14-7-8-15-16(9-14)24-10-19-15/h7-13H,4-6H2,1-3H3/t11-,12+,13-/m1/s1. The Labute approximate surface area is 145 Å². The number of thiazole rings is 1. The van der Waals surface area contributed by atoms with Crippen molar-refractivity contribution in [3.05, 3.63) is 29.3 Å². The molecular weight excluding hydrogens is 324 g/mol. The third kappa shape index (κ3) is 3.29. The van der Waals surface area contributed by atoms with Crippen LogP contribution in [0.25, 0.3) is 10.2 Å². The fraction of sp³-hybridized carbons (Fsp3) is 0.500. The molecule has 1 fully saturated rings. The van der Waals surface area contributed by atoms with Crippen molar-refractivity contribution in [1.29, 1.82) is 0 Å². The van der Waals surface area contributed by atoms with E-state index in [0.29, 0.717) is 5.56 Å². The summed E-state index contributed by atoms with van der Waals surface area (Å²) in [6.45, 7) is 5.76. The van der Waals surface area contributed by atoms with E-state index in [1.807, 2.05) is 4.90 Å². The summed E-state index contributed by atoms with van der Waals surface area (Å²) in [6.07, 6.45) is 2.35. The van der Waals surface area contributed by atoms with Crippen molar-refractivity contribution in [3.63, 3.8) is 0 Å². The van der Waals surface area contributed by atoms with Crippen LogP contribution in [0, 0.1) is 0 Å². The number of nitrogens with zero attached hydrogens (tertiary/aromatic N) is 2. The predicted octanol–water partition coefficient (Wildman–Crippen LogP) is 3.63. The number of carbonyl (C=O) groups is 2. The van der Waals surface area contributed by atoms with E-state index in [0.717, 1.165) is 29.5 Å². The summed E-state index contributed by atoms with van der Waals surface area (Å²) >= 11 is 1.47. The number of hydrogen-bond donors (Lipinski definition) is 0. The van der Waals surface area contributed by atoms with Crippen LogP contribution in [0.3, 0.4) is 0 Å². The Morgan fingerprint density at radius 1 is 1.29 bits per heavy atom. The smallest absolute Gasteiger partial charge is 0.338 e. The van der Waals surface area contributed by atoms with Crippen molar-refractivity contribution in [3.8, 4) is 0 Å². The van der Waals surface area contributed by atoms with Crippen LogP contribution in [0.4, 0.5) is 0 Å². The Balaban J connectivity index is 1.69. The maximum absolute atomic E-state index is 12.7. The van der Waals surface area contributed by atoms with Gasteiger partial charge < -0.3 is 9.64 Å². The van der Waals surface area contributed by atoms with Crippen molar-refractivity contribution in [2.45, 2.75) is 58.2 Å². The molecule has 1 aliphatic rings. The van der Waals surface area contributed by atoms with Gasteiger partial charge in [0.1, 0.15) is 0 Å². The SMILES string of the molecule is C[C@@H]1CCC[C@H](C)N1C(=O)[C@@H](C)OC(=O)c1ccc2ncsc2c1. The summed E-state index contributed by atoms with van der Waals surface area (Å²) in [5.74, 6) is -0.578. The first-order valence-electron chi connectivity index (χ1n) is 8.33. The second-order valence-electron chi connectivity index (χ2n) is 6.46. The van der Waals surface area contributed by atoms with E-state index in [2.05, 4.69) is 18.8 Å². The van der Waals surface area contributed by atoms with Gasteiger partial charge >= 0.3 is 5.97 Å². The molecule has 1 saturated heterocycles. The van der Waals surface area contributed by atoms with Crippen molar-refractivity contribution in [2.24, 2.45) is 0 Å². The number of amides is 1. The summed E-state index contributed by atoms with van der Waals surface area (Å²) in [5, 5.41) is 0. The van der Waals surface area contributed by atoms with E-state index in [1.165, 1.54) is 11.3 Å². The third-order valence-corrected chi connectivity index (χ3v) is 5.44. The maximum atomic E-state index is 12.7. The highest BCUT2D eigenvalue weighted by atomic mass is 32.1. The first-order chi connectivity index (χ1) is 11.5. The van der Waals surface area contributed by atoms with Crippen LogP contribution in [0.5, 0.6) is 0 Å². The van der Waals surface area contributed by atoms with Crippen LogP contribution in [0.2, 0.25) is 0 Å². The highest BCUT2D eigenvalue weighted by molar-refractivity contribution is 7.16. The molecule has 0 aliphatic carbocycles. The highest BCUT2D eigenvalue weighted by Gasteiger charge is 2.33. The lowest BCUT2D eigenvalue weighted by molar-refractivity contribution is -0.146. The van der Waals surface area contributed by atoms with Gasteiger partial charge in [0.25, 0.3) is 5.91 Å². The first kappa shape index (κ1) is 16.9. The minimum absolute atomic E-state index is 0.109. The fourth-order valence-corrected chi connectivity index (χ4v) is 4.04. The van der Waals surface area contributed by atoms with Gasteiger partial charge in [0.2, 0.25) is 0 Å². The molecule has 1 amide bonds. The molecule has 5 nitrogen and oxygen atoms in total. The molecule has 6 heteroatoms. The van der Waals surface area contributed by atoms with Gasteiger partial charge in [-0.05, 0) is 58.2 Å². The van der Waals surface area contributed by atoms with Gasteiger partial charge in [-0.3, -0.25) is 4.79 Å². The second kappa shape index (κ2) is 6.89. The van der Waals surface area contributed by atoms with E-state index in [1.54, 1.807) is 30.6 Å². The topological polar surface area (TPSA) is 59.5 Å². The number of aromatic nitrogens is 1. The van der Waals surface area contributed by atoms with Crippen molar-refractivity contribution >= 4 is 33.4 Å². The normalized spacial score (nSPS) is 22.4. The second-order valence-corrected chi connectivity index (χ2v) is 7.34. The lowest BCUT2D eigenvalue weighted by atomic mass is 9.97. The minimum Gasteiger partial charge on any atom is -0.449 e. The lowest BCUT2D eigenvalue weighted by Gasteiger charge is -2.40. The molecule has 2 heterocycles. The van der Waals surface area contributed by atoms with Gasteiger partial charge in [-0.2, -0.15) is 0 Å². The molecule has 0 radical (unpaired) electrons. The van der Waals surface area contributed by atoms with Crippen LogP contribution in [-0.2, 0) is 9.53 Å². The molecule has 128 valence electrons. The zero-order valence-corrected chi connectivity index (χ0v) is 15.0. The Bertz CT molecular complexity index is 748. The number of ether oxygens (including phenoxy) is 1. The molecule has 3 rings (SSSR count). The van der Waals surface area contributed by atoms with Crippen molar-refractivity contribution in [1.82, 2.24) is 9.88 Å². The monoisotopic (exact) mass is 346 g/mol. The van der Waals surface area contributed by atoms with Gasteiger partial charge in [0.15, 0.2) is 6.10 Å². The van der Waals surface area contributed by atoms with Gasteiger partial charge in [0, 0.05) is 12.1 Å². The quantitative estimate of drug-likeness (QED) is 0.796. The van der Waals surface area contributed by atoms with Crippen LogP contribution >= 0.6 is 11.3 Å². The van der Waals surface area contributed by atoms with Crippen LogP contribution in [-0.4, -0.2) is 39.9 Å². The number of esters is 1. The fourth-order valence-electron chi connectivity index (χ4n) is 3.33. The molecule has 3 atom stereocenters. The molecule has 2 aromatic rings. The Morgan fingerprint density at radius 3 is 2.71 bits per heavy atom. The molecule has 0 bridgehead atoms. The lowest BCUT2D eigenvalue weighted by Crippen LogP contribution is -2.51. The van der Waals surface area contributed by atoms with Gasteiger partial charge in [0.05, 0.1) is 21.3 Å². The van der Waals surface area contributed by atoms with Crippen LogP contribution in [0.15, 0.2) is 23.7 Å². The number of benzene rings is 1. The molecule has 1 aromatic carbocycles. The molecule has 0 saturated carbocycles. The van der Waals surface area contributed by atoms with Gasteiger partial charge in [-0.1, -0.05) is 0 Å². The molecule has 0 unspecified atom stereocenters. The molecule has 0 N–H and O–H groups in total. The summed E-state index contributed by atoms with van der Waals surface area (Å²) in [7, 11) is 0. The first-order valence-corrected chi connectivity index (χ1v) is 9.21. The maximum Gasteiger partial charge on any atom is 0.338 e. The van der Waals surface area contributed by atoms with E-state index >= 15 is 0 Å². The number of hydrogen-bond acceptors (Lipinski definition) is 5. The van der Waals surface area contributed by atoms with E-state index in [4.69, 9.17) is 4.74 Å². The Kier molecular flexibility index (Phi) is 4.85. The predicted molar refractivity (Wildman–Crippen MR) is 94.1 cm³/mol. The number of carbonyl (C=O) groups excluding carboxylic acids is 2. The largest absolute Gasteiger partial charge is 0.449 e. The van der Waals surface area contributed by atoms with Crippen molar-refractivity contribution in [2.75, 3.05) is 0 Å². The molecule has 24 heavy (non-hydrogen) atoms. The summed E-state index contributed by atoms with van der Waals surface area (Å²) < 4.78 is 6.36. The van der Waals surface area contributed by atoms with E-state index < -0.39 is 12.1 Å². The molecular formula is C18H22N2O3S. The minimum atomic E-state index is -0.780. The average molecular weight is 346 g/mol. The van der Waals surface area contributed by atoms with Gasteiger partial charge in [-0.15, -0.1) is 11.3 Å². The zero-order valence-electron chi connectivity index (χ0n) is 14.2. The van der Waals surface area contributed by atoms with Crippen LogP contribution < -0.4 is 0 Å². The summed E-state index contributed by atoms with van der Waals surface area (Å²) in [5.41, 5.74) is 3.05. The number of likely N-dealkylation sites (tertiary alicyclic amines) is 1. The number of rotatable bonds is 3. The van der Waals surface area contributed by atoms with Crippen molar-refractivity contribution < 1.29 is 14.3 Å². The summed E-state index contributed by atoms with van der Waals surface area (Å²) in [4.78, 5) is 31.1. The Hall–Kier alpha value is -1.95. The highest BCUT2D eigenvalue weighted by Crippen LogP contribution is 2.24. The third-order valence-electron chi connectivity index (χ3n) is 4.65. The average Bonchev–Trinajstić information content (AvgIpc) is 3.01.